The molecule has 106 valence electrons. The van der Waals surface area contributed by atoms with E-state index in [0.717, 1.165) is 33.8 Å². The molecule has 0 fully saturated rings. The summed E-state index contributed by atoms with van der Waals surface area (Å²) in [6, 6.07) is 12.6. The first-order chi connectivity index (χ1) is 10.3. The minimum atomic E-state index is 0.299. The Bertz CT molecular complexity index is 815. The molecule has 0 spiro atoms. The van der Waals surface area contributed by atoms with Crippen molar-refractivity contribution < 1.29 is 9.47 Å². The first kappa shape index (κ1) is 13.0. The van der Waals surface area contributed by atoms with Gasteiger partial charge in [0.2, 0.25) is 6.79 Å². The highest BCUT2D eigenvalue weighted by atomic mass is 79.9. The highest BCUT2D eigenvalue weighted by Crippen LogP contribution is 2.37. The molecule has 3 aromatic rings. The zero-order chi connectivity index (χ0) is 14.2. The van der Waals surface area contributed by atoms with Crippen LogP contribution in [0, 0.1) is 0 Å². The molecule has 3 nitrogen and oxygen atoms in total. The van der Waals surface area contributed by atoms with Crippen molar-refractivity contribution in [1.29, 1.82) is 0 Å². The lowest BCUT2D eigenvalue weighted by atomic mass is 10.2. The van der Waals surface area contributed by atoms with E-state index in [-0.39, 0.29) is 0 Å². The van der Waals surface area contributed by atoms with Crippen LogP contribution in [-0.4, -0.2) is 6.79 Å². The van der Waals surface area contributed by atoms with Crippen molar-refractivity contribution in [1.82, 2.24) is 0 Å². The molecule has 2 heterocycles. The Kier molecular flexibility index (Phi) is 3.24. The molecule has 5 heteroatoms. The summed E-state index contributed by atoms with van der Waals surface area (Å²) in [5.74, 6) is 1.61. The Morgan fingerprint density at radius 3 is 2.86 bits per heavy atom. The van der Waals surface area contributed by atoms with E-state index < -0.39 is 0 Å². The number of thiophene rings is 1. The zero-order valence-electron chi connectivity index (χ0n) is 11.1. The maximum absolute atomic E-state index is 5.42. The van der Waals surface area contributed by atoms with Gasteiger partial charge in [-0.05, 0) is 52.7 Å². The average molecular weight is 362 g/mol. The molecule has 4 rings (SSSR count). The molecular formula is C16H12BrNO2S. The number of nitrogens with one attached hydrogen (secondary N) is 1. The Morgan fingerprint density at radius 1 is 1.10 bits per heavy atom. The molecule has 0 radical (unpaired) electrons. The third-order valence-corrected chi connectivity index (χ3v) is 5.11. The van der Waals surface area contributed by atoms with Crippen molar-refractivity contribution >= 4 is 43.0 Å². The van der Waals surface area contributed by atoms with Crippen molar-refractivity contribution in [3.63, 3.8) is 0 Å². The second-order valence-electron chi connectivity index (χ2n) is 4.82. The van der Waals surface area contributed by atoms with Gasteiger partial charge in [0.15, 0.2) is 11.5 Å². The van der Waals surface area contributed by atoms with Gasteiger partial charge in [0, 0.05) is 21.4 Å². The lowest BCUT2D eigenvalue weighted by molar-refractivity contribution is 0.174. The van der Waals surface area contributed by atoms with E-state index in [0.29, 0.717) is 6.79 Å². The number of ether oxygens (including phenoxy) is 2. The number of anilines is 1. The molecule has 0 saturated carbocycles. The topological polar surface area (TPSA) is 30.5 Å². The highest BCUT2D eigenvalue weighted by Gasteiger charge is 2.16. The molecule has 0 saturated heterocycles. The number of halogens is 1. The van der Waals surface area contributed by atoms with Crippen LogP contribution in [0.25, 0.3) is 10.1 Å². The van der Waals surface area contributed by atoms with Gasteiger partial charge in [-0.15, -0.1) is 11.3 Å². The molecule has 1 aliphatic rings. The van der Waals surface area contributed by atoms with Crippen LogP contribution >= 0.6 is 27.3 Å². The molecule has 0 aliphatic carbocycles. The van der Waals surface area contributed by atoms with Crippen LogP contribution in [0.15, 0.2) is 46.3 Å². The highest BCUT2D eigenvalue weighted by molar-refractivity contribution is 9.10. The van der Waals surface area contributed by atoms with Gasteiger partial charge < -0.3 is 14.8 Å². The van der Waals surface area contributed by atoms with Crippen LogP contribution in [0.3, 0.4) is 0 Å². The summed E-state index contributed by atoms with van der Waals surface area (Å²) in [7, 11) is 0. The first-order valence-corrected chi connectivity index (χ1v) is 8.26. The Hall–Kier alpha value is -1.72. The second-order valence-corrected chi connectivity index (χ2v) is 6.63. The minimum absolute atomic E-state index is 0.299. The fourth-order valence-corrected chi connectivity index (χ4v) is 3.60. The second kappa shape index (κ2) is 5.24. The standard InChI is InChI=1S/C16H12BrNO2S/c17-13-7-15-14(19-9-20-15)6-11(13)8-18-12-1-2-16-10(5-12)3-4-21-16/h1-7,18H,8-9H2. The van der Waals surface area contributed by atoms with Crippen LogP contribution < -0.4 is 14.8 Å². The van der Waals surface area contributed by atoms with Crippen LogP contribution in [0.1, 0.15) is 5.56 Å². The normalized spacial score (nSPS) is 12.8. The number of benzene rings is 2. The summed E-state index contributed by atoms with van der Waals surface area (Å²) in [6.45, 7) is 1.03. The molecule has 1 aliphatic heterocycles. The molecule has 21 heavy (non-hydrogen) atoms. The minimum Gasteiger partial charge on any atom is -0.454 e. The third-order valence-electron chi connectivity index (χ3n) is 3.48. The Balaban J connectivity index is 1.56. The largest absolute Gasteiger partial charge is 0.454 e. The van der Waals surface area contributed by atoms with E-state index in [4.69, 9.17) is 9.47 Å². The van der Waals surface area contributed by atoms with Crippen LogP contribution in [0.2, 0.25) is 0 Å². The molecule has 1 N–H and O–H groups in total. The lowest BCUT2D eigenvalue weighted by Crippen LogP contribution is -2.00. The average Bonchev–Trinajstić information content (AvgIpc) is 3.12. The molecular weight excluding hydrogens is 350 g/mol. The van der Waals surface area contributed by atoms with Gasteiger partial charge in [0.05, 0.1) is 0 Å². The molecule has 0 atom stereocenters. The maximum Gasteiger partial charge on any atom is 0.231 e. The number of rotatable bonds is 3. The summed E-state index contributed by atoms with van der Waals surface area (Å²) in [5, 5.41) is 6.84. The van der Waals surface area contributed by atoms with Gasteiger partial charge in [0.25, 0.3) is 0 Å². The summed E-state index contributed by atoms with van der Waals surface area (Å²) < 4.78 is 13.1. The van der Waals surface area contributed by atoms with Crippen molar-refractivity contribution in [2.24, 2.45) is 0 Å². The predicted molar refractivity (Wildman–Crippen MR) is 89.4 cm³/mol. The predicted octanol–water partition coefficient (Wildman–Crippen LogP) is 5.00. The lowest BCUT2D eigenvalue weighted by Gasteiger charge is -2.09. The zero-order valence-corrected chi connectivity index (χ0v) is 13.5. The van der Waals surface area contributed by atoms with Crippen LogP contribution in [0.4, 0.5) is 5.69 Å². The number of hydrogen-bond acceptors (Lipinski definition) is 4. The summed E-state index contributed by atoms with van der Waals surface area (Å²) in [6.07, 6.45) is 0. The number of hydrogen-bond donors (Lipinski definition) is 1. The van der Waals surface area contributed by atoms with E-state index >= 15 is 0 Å². The molecule has 2 aromatic carbocycles. The van der Waals surface area contributed by atoms with E-state index in [2.05, 4.69) is 50.9 Å². The monoisotopic (exact) mass is 361 g/mol. The van der Waals surface area contributed by atoms with Gasteiger partial charge in [-0.3, -0.25) is 0 Å². The van der Waals surface area contributed by atoms with Crippen molar-refractivity contribution in [3.8, 4) is 11.5 Å². The summed E-state index contributed by atoms with van der Waals surface area (Å²) in [4.78, 5) is 0. The van der Waals surface area contributed by atoms with E-state index in [1.54, 1.807) is 11.3 Å². The van der Waals surface area contributed by atoms with Crippen LogP contribution in [-0.2, 0) is 6.54 Å². The molecule has 0 amide bonds. The third kappa shape index (κ3) is 2.47. The van der Waals surface area contributed by atoms with Crippen molar-refractivity contribution in [2.75, 3.05) is 12.1 Å². The fraction of sp³-hybridized carbons (Fsp3) is 0.125. The smallest absolute Gasteiger partial charge is 0.231 e. The van der Waals surface area contributed by atoms with Gasteiger partial charge in [0.1, 0.15) is 0 Å². The summed E-state index contributed by atoms with van der Waals surface area (Å²) in [5.41, 5.74) is 2.26. The maximum atomic E-state index is 5.42. The van der Waals surface area contributed by atoms with Crippen LogP contribution in [0.5, 0.6) is 11.5 Å². The van der Waals surface area contributed by atoms with Gasteiger partial charge >= 0.3 is 0 Å². The quantitative estimate of drug-likeness (QED) is 0.711. The van der Waals surface area contributed by atoms with E-state index in [1.165, 1.54) is 10.1 Å². The Labute approximate surface area is 134 Å². The van der Waals surface area contributed by atoms with Crippen molar-refractivity contribution in [3.05, 3.63) is 51.8 Å². The number of fused-ring (bicyclic) bond motifs is 2. The Morgan fingerprint density at radius 2 is 1.95 bits per heavy atom. The first-order valence-electron chi connectivity index (χ1n) is 6.59. The fourth-order valence-electron chi connectivity index (χ4n) is 2.37. The van der Waals surface area contributed by atoms with Gasteiger partial charge in [-0.25, -0.2) is 0 Å². The van der Waals surface area contributed by atoms with Gasteiger partial charge in [-0.2, -0.15) is 0 Å². The molecule has 1 aromatic heterocycles. The summed E-state index contributed by atoms with van der Waals surface area (Å²) >= 11 is 5.34. The molecule has 0 bridgehead atoms. The molecule has 0 unspecified atom stereocenters. The van der Waals surface area contributed by atoms with E-state index in [9.17, 15) is 0 Å². The van der Waals surface area contributed by atoms with E-state index in [1.807, 2.05) is 12.1 Å². The van der Waals surface area contributed by atoms with Gasteiger partial charge in [-0.1, -0.05) is 15.9 Å². The SMILES string of the molecule is Brc1cc2c(cc1CNc1ccc3sccc3c1)OCO2. The van der Waals surface area contributed by atoms with Crippen molar-refractivity contribution in [2.45, 2.75) is 6.54 Å².